The van der Waals surface area contributed by atoms with E-state index in [1.54, 1.807) is 24.3 Å². The van der Waals surface area contributed by atoms with Crippen LogP contribution in [0.1, 0.15) is 30.1 Å². The quantitative estimate of drug-likeness (QED) is 0.464. The van der Waals surface area contributed by atoms with Gasteiger partial charge in [-0.3, -0.25) is 9.48 Å². The Morgan fingerprint density at radius 2 is 2.12 bits per heavy atom. The molecule has 9 nitrogen and oxygen atoms in total. The fraction of sp³-hybridized carbons (Fsp3) is 0.250. The maximum absolute atomic E-state index is 13.0. The van der Waals surface area contributed by atoms with Gasteiger partial charge in [-0.25, -0.2) is 18.1 Å². The summed E-state index contributed by atoms with van der Waals surface area (Å²) >= 11 is 9.40. The van der Waals surface area contributed by atoms with Crippen LogP contribution in [0.15, 0.2) is 52.1 Å². The zero-order chi connectivity index (χ0) is 22.9. The molecule has 0 amide bonds. The summed E-state index contributed by atoms with van der Waals surface area (Å²) in [5.41, 5.74) is 1.42. The monoisotopic (exact) mass is 540 g/mol. The van der Waals surface area contributed by atoms with Crippen LogP contribution in [0, 0.1) is 0 Å². The minimum Gasteiger partial charge on any atom is -0.480 e. The van der Waals surface area contributed by atoms with Crippen molar-refractivity contribution in [2.75, 3.05) is 0 Å². The topological polar surface area (TPSA) is 123 Å². The van der Waals surface area contributed by atoms with Crippen molar-refractivity contribution in [1.29, 1.82) is 0 Å². The number of para-hydroxylation sites is 1. The van der Waals surface area contributed by atoms with E-state index in [0.29, 0.717) is 40.1 Å². The Bertz CT molecular complexity index is 1280. The van der Waals surface area contributed by atoms with Gasteiger partial charge in [0.05, 0.1) is 27.9 Å². The lowest BCUT2D eigenvalue weighted by Crippen LogP contribution is -2.31. The number of hydrogen-bond acceptors (Lipinski definition) is 6. The van der Waals surface area contributed by atoms with Crippen molar-refractivity contribution in [3.8, 4) is 11.6 Å². The highest BCUT2D eigenvalue weighted by Crippen LogP contribution is 2.34. The van der Waals surface area contributed by atoms with E-state index in [1.807, 2.05) is 0 Å². The average molecular weight is 542 g/mol. The van der Waals surface area contributed by atoms with Gasteiger partial charge in [0.25, 0.3) is 0 Å². The molecule has 2 aromatic heterocycles. The molecule has 12 heteroatoms. The fourth-order valence-corrected chi connectivity index (χ4v) is 5.50. The molecule has 32 heavy (non-hydrogen) atoms. The predicted molar refractivity (Wildman–Crippen MR) is 119 cm³/mol. The van der Waals surface area contributed by atoms with E-state index in [4.69, 9.17) is 21.4 Å². The summed E-state index contributed by atoms with van der Waals surface area (Å²) in [5, 5.41) is 13.6. The van der Waals surface area contributed by atoms with Crippen LogP contribution in [0.4, 0.5) is 0 Å². The molecule has 4 rings (SSSR count). The largest absolute Gasteiger partial charge is 0.480 e. The first-order chi connectivity index (χ1) is 15.2. The fourth-order valence-electron chi connectivity index (χ4n) is 3.52. The van der Waals surface area contributed by atoms with E-state index < -0.39 is 22.0 Å². The maximum Gasteiger partial charge on any atom is 0.325 e. The van der Waals surface area contributed by atoms with E-state index in [0.717, 1.165) is 5.69 Å². The number of halogens is 2. The number of nitrogens with zero attached hydrogens (tertiary/aromatic N) is 3. The highest BCUT2D eigenvalue weighted by molar-refractivity contribution is 9.10. The number of hydrogen-bond donors (Lipinski definition) is 2. The SMILES string of the molecule is O=C(O)Cn1ncc2c1CCCC2NS(=O)(=O)c1cnc(Oc2ccccc2Cl)c(Br)c1. The highest BCUT2D eigenvalue weighted by atomic mass is 79.9. The summed E-state index contributed by atoms with van der Waals surface area (Å²) in [4.78, 5) is 15.1. The molecule has 2 N–H and O–H groups in total. The Morgan fingerprint density at radius 3 is 2.84 bits per heavy atom. The molecule has 0 aliphatic heterocycles. The lowest BCUT2D eigenvalue weighted by atomic mass is 9.94. The third-order valence-corrected chi connectivity index (χ3v) is 7.30. The minimum atomic E-state index is -3.91. The van der Waals surface area contributed by atoms with Gasteiger partial charge in [0.2, 0.25) is 15.9 Å². The van der Waals surface area contributed by atoms with Crippen molar-refractivity contribution in [3.05, 3.63) is 63.5 Å². The number of carboxylic acid groups (broad SMARTS) is 1. The molecule has 3 aromatic rings. The van der Waals surface area contributed by atoms with Crippen LogP contribution in [-0.4, -0.2) is 34.3 Å². The third kappa shape index (κ3) is 4.80. The van der Waals surface area contributed by atoms with Crippen molar-refractivity contribution in [2.24, 2.45) is 0 Å². The number of fused-ring (bicyclic) bond motifs is 1. The van der Waals surface area contributed by atoms with Gasteiger partial charge in [-0.2, -0.15) is 5.10 Å². The number of benzene rings is 1. The van der Waals surface area contributed by atoms with E-state index in [2.05, 4.69) is 30.7 Å². The first kappa shape index (κ1) is 22.7. The number of aromatic nitrogens is 3. The van der Waals surface area contributed by atoms with Crippen molar-refractivity contribution in [1.82, 2.24) is 19.5 Å². The molecule has 1 atom stereocenters. The molecule has 0 spiro atoms. The van der Waals surface area contributed by atoms with Crippen molar-refractivity contribution < 1.29 is 23.1 Å². The molecule has 0 saturated heterocycles. The molecule has 1 aromatic carbocycles. The first-order valence-electron chi connectivity index (χ1n) is 9.61. The molecule has 2 heterocycles. The second-order valence-corrected chi connectivity index (χ2v) is 10.1. The Kier molecular flexibility index (Phi) is 6.52. The summed E-state index contributed by atoms with van der Waals surface area (Å²) < 4.78 is 36.1. The molecule has 0 radical (unpaired) electrons. The van der Waals surface area contributed by atoms with Crippen molar-refractivity contribution in [2.45, 2.75) is 36.7 Å². The smallest absolute Gasteiger partial charge is 0.325 e. The van der Waals surface area contributed by atoms with Gasteiger partial charge in [0, 0.05) is 11.3 Å². The number of ether oxygens (including phenoxy) is 1. The number of aliphatic carboxylic acids is 1. The standard InChI is InChI=1S/C20H18BrClN4O5S/c21-14-8-12(9-23-20(14)31-18-7-2-1-4-15(18)22)32(29,30)25-16-5-3-6-17-13(16)10-24-26(17)11-19(27)28/h1-2,4,7-10,16,25H,3,5-6,11H2,(H,27,28). The van der Waals surface area contributed by atoms with Crippen LogP contribution in [0.5, 0.6) is 11.6 Å². The summed E-state index contributed by atoms with van der Waals surface area (Å²) in [6.07, 6.45) is 4.66. The number of pyridine rings is 1. The summed E-state index contributed by atoms with van der Waals surface area (Å²) in [7, 11) is -3.91. The number of carbonyl (C=O) groups is 1. The number of sulfonamides is 1. The van der Waals surface area contributed by atoms with Gasteiger partial charge in [-0.15, -0.1) is 0 Å². The van der Waals surface area contributed by atoms with Crippen LogP contribution < -0.4 is 9.46 Å². The second-order valence-electron chi connectivity index (χ2n) is 7.15. The molecule has 168 valence electrons. The molecular weight excluding hydrogens is 524 g/mol. The van der Waals surface area contributed by atoms with Crippen LogP contribution in [0.25, 0.3) is 0 Å². The summed E-state index contributed by atoms with van der Waals surface area (Å²) in [5.74, 6) is -0.440. The summed E-state index contributed by atoms with van der Waals surface area (Å²) in [6, 6.07) is 7.76. The van der Waals surface area contributed by atoms with Crippen LogP contribution in [-0.2, 0) is 27.8 Å². The van der Waals surface area contributed by atoms with Gasteiger partial charge in [-0.05, 0) is 53.4 Å². The van der Waals surface area contributed by atoms with Crippen LogP contribution >= 0.6 is 27.5 Å². The van der Waals surface area contributed by atoms with Crippen molar-refractivity contribution in [3.63, 3.8) is 0 Å². The van der Waals surface area contributed by atoms with Gasteiger partial charge < -0.3 is 9.84 Å². The van der Waals surface area contributed by atoms with E-state index >= 15 is 0 Å². The maximum atomic E-state index is 13.0. The summed E-state index contributed by atoms with van der Waals surface area (Å²) in [6.45, 7) is -0.265. The van der Waals surface area contributed by atoms with Gasteiger partial charge in [0.1, 0.15) is 17.2 Å². The molecule has 1 aliphatic carbocycles. The molecule has 0 saturated carbocycles. The normalized spacial score (nSPS) is 15.9. The van der Waals surface area contributed by atoms with E-state index in [1.165, 1.54) is 23.1 Å². The number of nitrogens with one attached hydrogen (secondary N) is 1. The van der Waals surface area contributed by atoms with Gasteiger partial charge in [0.15, 0.2) is 0 Å². The minimum absolute atomic E-state index is 0.0408. The highest BCUT2D eigenvalue weighted by Gasteiger charge is 2.29. The Labute approximate surface area is 197 Å². The number of rotatable bonds is 7. The second kappa shape index (κ2) is 9.18. The lowest BCUT2D eigenvalue weighted by Gasteiger charge is -2.24. The molecule has 0 bridgehead atoms. The zero-order valence-electron chi connectivity index (χ0n) is 16.5. The zero-order valence-corrected chi connectivity index (χ0v) is 19.7. The van der Waals surface area contributed by atoms with E-state index in [9.17, 15) is 13.2 Å². The molecular formula is C20H18BrClN4O5S. The molecule has 0 fully saturated rings. The van der Waals surface area contributed by atoms with Gasteiger partial charge >= 0.3 is 5.97 Å². The van der Waals surface area contributed by atoms with Crippen LogP contribution in [0.2, 0.25) is 5.02 Å². The van der Waals surface area contributed by atoms with E-state index in [-0.39, 0.29) is 17.3 Å². The molecule has 1 aliphatic rings. The van der Waals surface area contributed by atoms with Crippen LogP contribution in [0.3, 0.4) is 0 Å². The average Bonchev–Trinajstić information content (AvgIpc) is 3.14. The third-order valence-electron chi connectivity index (χ3n) is 4.98. The Hall–Kier alpha value is -2.47. The van der Waals surface area contributed by atoms with Crippen molar-refractivity contribution >= 4 is 43.5 Å². The first-order valence-corrected chi connectivity index (χ1v) is 12.3. The Balaban J connectivity index is 1.55. The lowest BCUT2D eigenvalue weighted by molar-refractivity contribution is -0.137. The Morgan fingerprint density at radius 1 is 1.34 bits per heavy atom. The molecule has 1 unspecified atom stereocenters. The number of carboxylic acids is 1. The predicted octanol–water partition coefficient (Wildman–Crippen LogP) is 3.93. The van der Waals surface area contributed by atoms with Gasteiger partial charge in [-0.1, -0.05) is 23.7 Å².